The summed E-state index contributed by atoms with van der Waals surface area (Å²) >= 11 is 5.45. The van der Waals surface area contributed by atoms with E-state index in [0.717, 1.165) is 13.8 Å². The molecule has 0 aliphatic heterocycles. The molecule has 1 rings (SSSR count). The zero-order valence-electron chi connectivity index (χ0n) is 11.0. The number of carbonyl (C=O) groups is 1. The Hall–Kier alpha value is -1.43. The molecule has 1 aliphatic rings. The van der Waals surface area contributed by atoms with E-state index >= 15 is 0 Å². The average molecular weight is 431 g/mol. The van der Waals surface area contributed by atoms with E-state index in [1.807, 2.05) is 0 Å². The van der Waals surface area contributed by atoms with Crippen molar-refractivity contribution >= 4 is 37.6 Å². The summed E-state index contributed by atoms with van der Waals surface area (Å²) in [5.41, 5.74) is -5.60. The van der Waals surface area contributed by atoms with Crippen molar-refractivity contribution in [2.75, 3.05) is 0 Å². The van der Waals surface area contributed by atoms with E-state index in [2.05, 4.69) is 31.9 Å². The van der Waals surface area contributed by atoms with Gasteiger partial charge in [-0.1, -0.05) is 0 Å². The molecule has 0 aromatic heterocycles. The Morgan fingerprint density at radius 3 is 1.62 bits per heavy atom. The van der Waals surface area contributed by atoms with E-state index in [-0.39, 0.29) is 10.1 Å². The Morgan fingerprint density at radius 2 is 1.33 bits per heavy atom. The van der Waals surface area contributed by atoms with Crippen LogP contribution in [0.4, 0.5) is 0 Å². The van der Waals surface area contributed by atoms with Crippen LogP contribution in [0, 0.1) is 30.3 Å². The normalized spacial score (nSPS) is 36.5. The molecule has 0 saturated carbocycles. The van der Waals surface area contributed by atoms with Crippen molar-refractivity contribution in [3.8, 4) is 0 Å². The molecule has 0 N–H and O–H groups in total. The minimum absolute atomic E-state index is 0.309. The monoisotopic (exact) mass is 429 g/mol. The van der Waals surface area contributed by atoms with Crippen molar-refractivity contribution in [2.45, 2.75) is 36.3 Å². The maximum atomic E-state index is 12.4. The van der Waals surface area contributed by atoms with Crippen molar-refractivity contribution in [2.24, 2.45) is 0 Å². The number of carbonyl (C=O) groups excluding carboxylic acids is 1. The molecule has 0 fully saturated rings. The topological polar surface area (TPSA) is 146 Å². The van der Waals surface area contributed by atoms with Gasteiger partial charge in [-0.15, -0.1) is 0 Å². The first kappa shape index (κ1) is 17.6. The lowest BCUT2D eigenvalue weighted by Crippen LogP contribution is -2.72. The van der Waals surface area contributed by atoms with Crippen LogP contribution in [0.25, 0.3) is 0 Å². The molecule has 3 atom stereocenters. The molecule has 10 nitrogen and oxygen atoms in total. The predicted molar refractivity (Wildman–Crippen MR) is 76.1 cm³/mol. The third kappa shape index (κ3) is 1.78. The SMILES string of the molecule is CC1=C(Br)C(C)([N+](=O)[O-])C(C)([N+](=O)[O-])C(=O)C1(Br)[N+](=O)[O-]. The van der Waals surface area contributed by atoms with Crippen molar-refractivity contribution in [3.63, 3.8) is 0 Å². The molecule has 0 spiro atoms. The van der Waals surface area contributed by atoms with Gasteiger partial charge in [0.1, 0.15) is 0 Å². The summed E-state index contributed by atoms with van der Waals surface area (Å²) < 4.78 is -2.98. The van der Waals surface area contributed by atoms with Crippen LogP contribution in [0.2, 0.25) is 0 Å². The quantitative estimate of drug-likeness (QED) is 0.286. The number of ketones is 1. The summed E-state index contributed by atoms with van der Waals surface area (Å²) in [5.74, 6) is -1.51. The second-order valence-electron chi connectivity index (χ2n) is 4.81. The average Bonchev–Trinajstić information content (AvgIpc) is 2.39. The summed E-state index contributed by atoms with van der Waals surface area (Å²) in [5, 5.41) is 34.0. The van der Waals surface area contributed by atoms with Gasteiger partial charge in [-0.05, 0) is 22.9 Å². The van der Waals surface area contributed by atoms with Gasteiger partial charge >= 0.3 is 21.3 Å². The number of nitrogens with zero attached hydrogens (tertiary/aromatic N) is 3. The summed E-state index contributed by atoms with van der Waals surface area (Å²) in [4.78, 5) is 43.2. The Balaban J connectivity index is 3.99. The lowest BCUT2D eigenvalue weighted by Gasteiger charge is -2.38. The number of nitro groups is 3. The van der Waals surface area contributed by atoms with Gasteiger partial charge in [0.05, 0.1) is 9.41 Å². The van der Waals surface area contributed by atoms with Crippen LogP contribution in [0.1, 0.15) is 20.8 Å². The van der Waals surface area contributed by atoms with Gasteiger partial charge in [-0.3, -0.25) is 35.1 Å². The third-order valence-electron chi connectivity index (χ3n) is 3.93. The lowest BCUT2D eigenvalue weighted by molar-refractivity contribution is -0.661. The first-order valence-corrected chi connectivity index (χ1v) is 6.93. The molecule has 116 valence electrons. The van der Waals surface area contributed by atoms with Crippen LogP contribution in [-0.4, -0.2) is 36.1 Å². The van der Waals surface area contributed by atoms with Crippen LogP contribution < -0.4 is 0 Å². The second kappa shape index (κ2) is 4.80. The van der Waals surface area contributed by atoms with Crippen LogP contribution in [0.3, 0.4) is 0 Å². The Morgan fingerprint density at radius 1 is 0.952 bits per heavy atom. The Bertz CT molecular complexity index is 620. The van der Waals surface area contributed by atoms with E-state index in [0.29, 0.717) is 6.92 Å². The van der Waals surface area contributed by atoms with Gasteiger partial charge in [0.25, 0.3) is 0 Å². The van der Waals surface area contributed by atoms with E-state index in [9.17, 15) is 35.1 Å². The zero-order chi connectivity index (χ0) is 17.0. The van der Waals surface area contributed by atoms with Gasteiger partial charge < -0.3 is 0 Å². The van der Waals surface area contributed by atoms with E-state index in [4.69, 9.17) is 0 Å². The molecule has 0 radical (unpaired) electrons. The number of alkyl halides is 1. The first-order chi connectivity index (χ1) is 9.30. The van der Waals surface area contributed by atoms with Crippen LogP contribution >= 0.6 is 31.9 Å². The molecule has 0 saturated heterocycles. The molecule has 21 heavy (non-hydrogen) atoms. The van der Waals surface area contributed by atoms with Crippen LogP contribution in [-0.2, 0) is 4.79 Å². The molecule has 1 aliphatic carbocycles. The number of rotatable bonds is 3. The van der Waals surface area contributed by atoms with E-state index in [1.54, 1.807) is 0 Å². The number of hydrogen-bond acceptors (Lipinski definition) is 7. The Labute approximate surface area is 134 Å². The van der Waals surface area contributed by atoms with E-state index in [1.165, 1.54) is 0 Å². The molecular weight excluding hydrogens is 422 g/mol. The fourth-order valence-electron chi connectivity index (χ4n) is 2.18. The Kier molecular flexibility index (Phi) is 4.03. The highest BCUT2D eigenvalue weighted by Gasteiger charge is 2.81. The molecule has 0 bridgehead atoms. The van der Waals surface area contributed by atoms with Crippen LogP contribution in [0.15, 0.2) is 10.1 Å². The maximum absolute atomic E-state index is 12.4. The summed E-state index contributed by atoms with van der Waals surface area (Å²) in [6.45, 7) is 2.72. The standard InChI is InChI=1S/C9H9Br2N3O7/c1-4-5(10)7(2,12(16)17)8(3,13(18)19)6(15)9(4,11)14(20)21/h1-3H3. The van der Waals surface area contributed by atoms with Crippen molar-refractivity contribution in [1.29, 1.82) is 0 Å². The highest BCUT2D eigenvalue weighted by atomic mass is 79.9. The van der Waals surface area contributed by atoms with Gasteiger partial charge in [0.15, 0.2) is 0 Å². The van der Waals surface area contributed by atoms with Gasteiger partial charge in [0, 0.05) is 45.2 Å². The maximum Gasteiger partial charge on any atom is 0.361 e. The molecule has 12 heteroatoms. The molecule has 0 aromatic rings. The van der Waals surface area contributed by atoms with Crippen molar-refractivity contribution in [1.82, 2.24) is 0 Å². The van der Waals surface area contributed by atoms with Crippen LogP contribution in [0.5, 0.6) is 0 Å². The van der Waals surface area contributed by atoms with Crippen molar-refractivity contribution < 1.29 is 19.6 Å². The molecule has 3 unspecified atom stereocenters. The predicted octanol–water partition coefficient (Wildman–Crippen LogP) is 1.68. The third-order valence-corrected chi connectivity index (χ3v) is 6.54. The van der Waals surface area contributed by atoms with E-state index < -0.39 is 36.1 Å². The van der Waals surface area contributed by atoms with Gasteiger partial charge in [0.2, 0.25) is 0 Å². The smallest absolute Gasteiger partial charge is 0.282 e. The van der Waals surface area contributed by atoms with Gasteiger partial charge in [-0.25, -0.2) is 0 Å². The highest BCUT2D eigenvalue weighted by Crippen LogP contribution is 2.51. The lowest BCUT2D eigenvalue weighted by atomic mass is 9.68. The first-order valence-electron chi connectivity index (χ1n) is 5.35. The highest BCUT2D eigenvalue weighted by molar-refractivity contribution is 9.12. The van der Waals surface area contributed by atoms with Gasteiger partial charge in [-0.2, -0.15) is 0 Å². The minimum Gasteiger partial charge on any atom is -0.282 e. The fraction of sp³-hybridized carbons (Fsp3) is 0.667. The zero-order valence-corrected chi connectivity index (χ0v) is 14.1. The molecular formula is C9H9Br2N3O7. The molecule has 0 heterocycles. The summed E-state index contributed by atoms with van der Waals surface area (Å²) in [6, 6.07) is 0. The number of hydrogen-bond donors (Lipinski definition) is 0. The molecule has 0 aromatic carbocycles. The van der Waals surface area contributed by atoms with Crippen molar-refractivity contribution in [3.05, 3.63) is 40.4 Å². The second-order valence-corrected chi connectivity index (χ2v) is 6.75. The summed E-state index contributed by atoms with van der Waals surface area (Å²) in [6.07, 6.45) is 0. The largest absolute Gasteiger partial charge is 0.361 e. The number of Topliss-reactive ketones (excluding diaryl/α,β-unsaturated/α-hetero) is 1. The number of halogens is 2. The summed E-state index contributed by atoms with van der Waals surface area (Å²) in [7, 11) is 0. The fourth-order valence-corrected chi connectivity index (χ4v) is 3.84. The minimum atomic E-state index is -2.83. The molecule has 0 amide bonds.